The Morgan fingerprint density at radius 3 is 2.76 bits per heavy atom. The number of esters is 1. The summed E-state index contributed by atoms with van der Waals surface area (Å²) in [6.07, 6.45) is 1.67. The lowest BCUT2D eigenvalue weighted by Gasteiger charge is -2.24. The Labute approximate surface area is 196 Å². The van der Waals surface area contributed by atoms with E-state index >= 15 is 0 Å². The minimum Gasteiger partial charge on any atom is -0.463 e. The van der Waals surface area contributed by atoms with Gasteiger partial charge in [-0.15, -0.1) is 0 Å². The Morgan fingerprint density at radius 2 is 2.06 bits per heavy atom. The molecule has 33 heavy (non-hydrogen) atoms. The average molecular weight is 484 g/mol. The molecule has 168 valence electrons. The molecule has 8 nitrogen and oxygen atoms in total. The molecular weight excluding hydrogens is 466 g/mol. The Balaban J connectivity index is 1.99. The molecule has 1 unspecified atom stereocenters. The molecule has 1 aliphatic rings. The lowest BCUT2D eigenvalue weighted by molar-refractivity contribution is -0.384. The maximum atomic E-state index is 13.5. The number of aromatic nitrogens is 1. The zero-order valence-electron chi connectivity index (χ0n) is 17.6. The van der Waals surface area contributed by atoms with Gasteiger partial charge in [-0.3, -0.25) is 19.5 Å². The summed E-state index contributed by atoms with van der Waals surface area (Å²) in [5.41, 5.74) is 1.09. The van der Waals surface area contributed by atoms with Crippen molar-refractivity contribution >= 4 is 40.7 Å². The van der Waals surface area contributed by atoms with Crippen molar-refractivity contribution in [2.24, 2.45) is 4.99 Å². The predicted octanol–water partition coefficient (Wildman–Crippen LogP) is 3.36. The van der Waals surface area contributed by atoms with E-state index in [9.17, 15) is 19.7 Å². The average Bonchev–Trinajstić information content (AvgIpc) is 3.09. The maximum absolute atomic E-state index is 13.5. The molecule has 0 aliphatic carbocycles. The fourth-order valence-corrected chi connectivity index (χ4v) is 4.88. The van der Waals surface area contributed by atoms with Crippen LogP contribution in [0.3, 0.4) is 0 Å². The van der Waals surface area contributed by atoms with Crippen molar-refractivity contribution in [3.63, 3.8) is 0 Å². The Bertz CT molecular complexity index is 1490. The van der Waals surface area contributed by atoms with Crippen LogP contribution in [0, 0.1) is 10.1 Å². The second-order valence-electron chi connectivity index (χ2n) is 7.18. The van der Waals surface area contributed by atoms with Crippen molar-refractivity contribution in [2.45, 2.75) is 19.9 Å². The van der Waals surface area contributed by atoms with Crippen LogP contribution in [0.5, 0.6) is 0 Å². The van der Waals surface area contributed by atoms with E-state index in [1.165, 1.54) is 22.8 Å². The summed E-state index contributed by atoms with van der Waals surface area (Å²) in [7, 11) is 0. The fraction of sp³-hybridized carbons (Fsp3) is 0.174. The zero-order chi connectivity index (χ0) is 23.7. The van der Waals surface area contributed by atoms with Gasteiger partial charge in [-0.25, -0.2) is 9.79 Å². The largest absolute Gasteiger partial charge is 0.463 e. The van der Waals surface area contributed by atoms with E-state index in [2.05, 4.69) is 4.99 Å². The standard InChI is InChI=1S/C23H18ClN3O5S/c1-3-32-22(29)19-13(2)25-23-26(20(19)15-8-6-9-16(11-15)27(30)31)21(28)18(33-23)12-14-7-4-5-10-17(14)24/h4-12,20H,3H2,1-2H3/b18-12+. The highest BCUT2D eigenvalue weighted by Gasteiger charge is 2.34. The van der Waals surface area contributed by atoms with Crippen LogP contribution in [0.2, 0.25) is 5.02 Å². The first kappa shape index (κ1) is 22.6. The monoisotopic (exact) mass is 483 g/mol. The molecule has 0 spiro atoms. The Kier molecular flexibility index (Phi) is 6.26. The summed E-state index contributed by atoms with van der Waals surface area (Å²) in [5, 5.41) is 11.9. The summed E-state index contributed by atoms with van der Waals surface area (Å²) in [4.78, 5) is 42.1. The molecule has 1 aromatic heterocycles. The van der Waals surface area contributed by atoms with Gasteiger partial charge >= 0.3 is 5.97 Å². The minimum absolute atomic E-state index is 0.133. The lowest BCUT2D eigenvalue weighted by Crippen LogP contribution is -2.40. The number of thiazole rings is 1. The minimum atomic E-state index is -0.923. The maximum Gasteiger partial charge on any atom is 0.338 e. The number of nitro benzene ring substituents is 1. The zero-order valence-corrected chi connectivity index (χ0v) is 19.2. The molecule has 0 bridgehead atoms. The van der Waals surface area contributed by atoms with Crippen LogP contribution in [0.4, 0.5) is 5.69 Å². The van der Waals surface area contributed by atoms with Crippen molar-refractivity contribution in [3.8, 4) is 0 Å². The number of allylic oxidation sites excluding steroid dienone is 1. The second kappa shape index (κ2) is 9.13. The third-order valence-electron chi connectivity index (χ3n) is 5.11. The number of non-ortho nitro benzene ring substituents is 1. The van der Waals surface area contributed by atoms with E-state index in [-0.39, 0.29) is 23.4 Å². The number of fused-ring (bicyclic) bond motifs is 1. The van der Waals surface area contributed by atoms with Gasteiger partial charge in [0.15, 0.2) is 4.80 Å². The van der Waals surface area contributed by atoms with Gasteiger partial charge in [0.1, 0.15) is 0 Å². The van der Waals surface area contributed by atoms with Crippen molar-refractivity contribution in [1.82, 2.24) is 4.57 Å². The van der Waals surface area contributed by atoms with Gasteiger partial charge in [0, 0.05) is 17.2 Å². The molecule has 4 rings (SSSR count). The van der Waals surface area contributed by atoms with Crippen molar-refractivity contribution in [2.75, 3.05) is 6.61 Å². The van der Waals surface area contributed by atoms with Gasteiger partial charge in [0.25, 0.3) is 11.2 Å². The quantitative estimate of drug-likeness (QED) is 0.314. The van der Waals surface area contributed by atoms with Crippen LogP contribution < -0.4 is 14.9 Å². The molecule has 10 heteroatoms. The molecule has 2 aromatic carbocycles. The number of ether oxygens (including phenoxy) is 1. The van der Waals surface area contributed by atoms with E-state index in [1.54, 1.807) is 44.2 Å². The third kappa shape index (κ3) is 4.24. The van der Waals surface area contributed by atoms with Crippen LogP contribution >= 0.6 is 22.9 Å². The topological polar surface area (TPSA) is 104 Å². The molecule has 0 saturated heterocycles. The molecular formula is C23H18ClN3O5S. The molecule has 1 aliphatic heterocycles. The van der Waals surface area contributed by atoms with E-state index < -0.39 is 16.9 Å². The summed E-state index contributed by atoms with van der Waals surface area (Å²) in [6.45, 7) is 3.46. The van der Waals surface area contributed by atoms with Crippen LogP contribution in [-0.4, -0.2) is 22.1 Å². The molecule has 0 fully saturated rings. The van der Waals surface area contributed by atoms with Crippen molar-refractivity contribution in [3.05, 3.63) is 106 Å². The number of carbonyl (C=O) groups is 1. The highest BCUT2D eigenvalue weighted by molar-refractivity contribution is 7.07. The van der Waals surface area contributed by atoms with Crippen molar-refractivity contribution in [1.29, 1.82) is 0 Å². The number of rotatable bonds is 5. The number of nitro groups is 1. The first-order valence-electron chi connectivity index (χ1n) is 10.0. The Hall–Kier alpha value is -3.56. The molecule has 0 N–H and O–H groups in total. The van der Waals surface area contributed by atoms with Crippen molar-refractivity contribution < 1.29 is 14.5 Å². The van der Waals surface area contributed by atoms with Crippen LogP contribution in [0.1, 0.15) is 31.0 Å². The van der Waals surface area contributed by atoms with Gasteiger partial charge < -0.3 is 4.74 Å². The Morgan fingerprint density at radius 1 is 1.30 bits per heavy atom. The molecule has 0 amide bonds. The lowest BCUT2D eigenvalue weighted by atomic mass is 9.95. The number of hydrogen-bond acceptors (Lipinski definition) is 7. The molecule has 1 atom stereocenters. The molecule has 3 aromatic rings. The van der Waals surface area contributed by atoms with Gasteiger partial charge in [-0.1, -0.05) is 53.3 Å². The van der Waals surface area contributed by atoms with Gasteiger partial charge in [-0.05, 0) is 37.1 Å². The first-order valence-corrected chi connectivity index (χ1v) is 11.2. The highest BCUT2D eigenvalue weighted by Crippen LogP contribution is 2.32. The number of carbonyl (C=O) groups excluding carboxylic acids is 1. The van der Waals surface area contributed by atoms with Crippen LogP contribution in [-0.2, 0) is 9.53 Å². The predicted molar refractivity (Wildman–Crippen MR) is 125 cm³/mol. The van der Waals surface area contributed by atoms with Gasteiger partial charge in [0.2, 0.25) is 0 Å². The summed E-state index contributed by atoms with van der Waals surface area (Å²) < 4.78 is 6.98. The van der Waals surface area contributed by atoms with E-state index in [1.807, 2.05) is 6.07 Å². The highest BCUT2D eigenvalue weighted by atomic mass is 35.5. The summed E-state index contributed by atoms with van der Waals surface area (Å²) in [6, 6.07) is 12.1. The third-order valence-corrected chi connectivity index (χ3v) is 6.43. The number of nitrogens with zero attached hydrogens (tertiary/aromatic N) is 3. The van der Waals surface area contributed by atoms with Gasteiger partial charge in [-0.2, -0.15) is 0 Å². The summed E-state index contributed by atoms with van der Waals surface area (Å²) in [5.74, 6) is -0.629. The fourth-order valence-electron chi connectivity index (χ4n) is 3.65. The second-order valence-corrected chi connectivity index (χ2v) is 8.59. The normalized spacial score (nSPS) is 15.7. The number of halogens is 1. The number of hydrogen-bond donors (Lipinski definition) is 0. The molecule has 0 radical (unpaired) electrons. The first-order chi connectivity index (χ1) is 15.8. The smallest absolute Gasteiger partial charge is 0.338 e. The van der Waals surface area contributed by atoms with Crippen LogP contribution in [0.25, 0.3) is 6.08 Å². The molecule has 0 saturated carbocycles. The van der Waals surface area contributed by atoms with E-state index in [4.69, 9.17) is 16.3 Å². The SMILES string of the molecule is CCOC(=O)C1=C(C)N=c2s/c(=C/c3ccccc3Cl)c(=O)n2C1c1cccc([N+](=O)[O-])c1. The summed E-state index contributed by atoms with van der Waals surface area (Å²) >= 11 is 7.41. The van der Waals surface area contributed by atoms with E-state index in [0.717, 1.165) is 11.3 Å². The van der Waals surface area contributed by atoms with E-state index in [0.29, 0.717) is 31.2 Å². The van der Waals surface area contributed by atoms with Gasteiger partial charge in [0.05, 0.1) is 33.4 Å². The molecule has 2 heterocycles. The number of benzene rings is 2. The van der Waals surface area contributed by atoms with Crippen LogP contribution in [0.15, 0.2) is 69.6 Å².